The Labute approximate surface area is 151 Å². The molecule has 136 valence electrons. The molecule has 1 aliphatic rings. The number of carbonyl (C=O) groups excluding carboxylic acids is 2. The number of carbonyl (C=O) groups is 2. The summed E-state index contributed by atoms with van der Waals surface area (Å²) in [5, 5.41) is 0. The average Bonchev–Trinajstić information content (AvgIpc) is 3.09. The fourth-order valence-electron chi connectivity index (χ4n) is 2.73. The number of rotatable bonds is 6. The molecule has 0 aromatic heterocycles. The van der Waals surface area contributed by atoms with Crippen LogP contribution < -0.4 is 0 Å². The van der Waals surface area contributed by atoms with Crippen molar-refractivity contribution in [1.82, 2.24) is 0 Å². The van der Waals surface area contributed by atoms with Crippen molar-refractivity contribution in [3.63, 3.8) is 0 Å². The third kappa shape index (κ3) is 4.47. The van der Waals surface area contributed by atoms with Crippen molar-refractivity contribution in [2.24, 2.45) is 0 Å². The number of benzene rings is 2. The first-order valence-corrected chi connectivity index (χ1v) is 8.34. The third-order valence-electron chi connectivity index (χ3n) is 4.04. The molecule has 26 heavy (non-hydrogen) atoms. The normalized spacial score (nSPS) is 22.0. The van der Waals surface area contributed by atoms with Crippen molar-refractivity contribution in [2.45, 2.75) is 24.9 Å². The summed E-state index contributed by atoms with van der Waals surface area (Å²) in [6.07, 6.45) is -1.27. The highest BCUT2D eigenvalue weighted by Gasteiger charge is 2.39. The van der Waals surface area contributed by atoms with Crippen molar-refractivity contribution in [1.29, 1.82) is 0 Å². The minimum atomic E-state index is -0.692. The molecule has 0 bridgehead atoms. The molecule has 3 atom stereocenters. The topological polar surface area (TPSA) is 71.1 Å². The zero-order valence-corrected chi connectivity index (χ0v) is 14.4. The van der Waals surface area contributed by atoms with Crippen molar-refractivity contribution in [3.8, 4) is 0 Å². The van der Waals surface area contributed by atoms with E-state index < -0.39 is 30.4 Å². The van der Waals surface area contributed by atoms with Crippen LogP contribution in [0.2, 0.25) is 0 Å². The van der Waals surface area contributed by atoms with Gasteiger partial charge in [0.25, 0.3) is 0 Å². The summed E-state index contributed by atoms with van der Waals surface area (Å²) in [5.74, 6) is -0.865. The smallest absolute Gasteiger partial charge is 0.338 e. The van der Waals surface area contributed by atoms with E-state index >= 15 is 0 Å². The molecule has 0 N–H and O–H groups in total. The lowest BCUT2D eigenvalue weighted by Crippen LogP contribution is -2.28. The maximum Gasteiger partial charge on any atom is 0.338 e. The van der Waals surface area contributed by atoms with E-state index in [0.717, 1.165) is 0 Å². The van der Waals surface area contributed by atoms with Crippen LogP contribution in [0.4, 0.5) is 0 Å². The van der Waals surface area contributed by atoms with E-state index in [2.05, 4.69) is 0 Å². The SMILES string of the molecule is CO[C@@H]1O[C@H](COC(=O)c2ccccc2)C[C@@H]1OC(=O)c1ccccc1. The fraction of sp³-hybridized carbons (Fsp3) is 0.300. The number of ether oxygens (including phenoxy) is 4. The van der Waals surface area contributed by atoms with Crippen LogP contribution in [0.3, 0.4) is 0 Å². The van der Waals surface area contributed by atoms with Gasteiger partial charge in [-0.3, -0.25) is 0 Å². The van der Waals surface area contributed by atoms with E-state index in [4.69, 9.17) is 18.9 Å². The summed E-state index contributed by atoms with van der Waals surface area (Å²) in [7, 11) is 1.48. The van der Waals surface area contributed by atoms with Gasteiger partial charge in [-0.15, -0.1) is 0 Å². The molecule has 0 aliphatic carbocycles. The lowest BCUT2D eigenvalue weighted by molar-refractivity contribution is -0.154. The molecule has 1 saturated heterocycles. The average molecular weight is 356 g/mol. The molecule has 2 aromatic rings. The first kappa shape index (κ1) is 18.1. The van der Waals surface area contributed by atoms with Gasteiger partial charge in [0, 0.05) is 13.5 Å². The largest absolute Gasteiger partial charge is 0.459 e. The number of methoxy groups -OCH3 is 1. The number of hydrogen-bond acceptors (Lipinski definition) is 6. The summed E-state index contributed by atoms with van der Waals surface area (Å²) < 4.78 is 21.7. The van der Waals surface area contributed by atoms with Gasteiger partial charge in [0.1, 0.15) is 6.61 Å². The van der Waals surface area contributed by atoms with E-state index in [1.165, 1.54) is 7.11 Å². The summed E-state index contributed by atoms with van der Waals surface area (Å²) in [4.78, 5) is 24.2. The minimum Gasteiger partial charge on any atom is -0.459 e. The van der Waals surface area contributed by atoms with Crippen LogP contribution in [0, 0.1) is 0 Å². The zero-order valence-electron chi connectivity index (χ0n) is 14.4. The lowest BCUT2D eigenvalue weighted by Gasteiger charge is -2.17. The van der Waals surface area contributed by atoms with Crippen LogP contribution in [-0.4, -0.2) is 44.2 Å². The van der Waals surface area contributed by atoms with Crippen molar-refractivity contribution in [3.05, 3.63) is 71.8 Å². The third-order valence-corrected chi connectivity index (χ3v) is 4.04. The monoisotopic (exact) mass is 356 g/mol. The van der Waals surface area contributed by atoms with Gasteiger partial charge in [-0.05, 0) is 24.3 Å². The standard InChI is InChI=1S/C20H20O6/c1-23-20-17(26-19(22)15-10-6-3-7-11-15)12-16(25-20)13-24-18(21)14-8-4-2-5-9-14/h2-11,16-17,20H,12-13H2,1H3/t16-,17-,20+/m0/s1. The Hall–Kier alpha value is -2.70. The van der Waals surface area contributed by atoms with Crippen molar-refractivity contribution < 1.29 is 28.5 Å². The van der Waals surface area contributed by atoms with E-state index in [9.17, 15) is 9.59 Å². The van der Waals surface area contributed by atoms with Crippen LogP contribution in [0.5, 0.6) is 0 Å². The molecular formula is C20H20O6. The van der Waals surface area contributed by atoms with Gasteiger partial charge in [-0.2, -0.15) is 0 Å². The first-order chi connectivity index (χ1) is 12.7. The molecule has 3 rings (SSSR count). The Kier molecular flexibility index (Phi) is 5.99. The van der Waals surface area contributed by atoms with E-state index in [0.29, 0.717) is 17.5 Å². The Morgan fingerprint density at radius 2 is 1.54 bits per heavy atom. The molecular weight excluding hydrogens is 336 g/mol. The Morgan fingerprint density at radius 1 is 0.962 bits per heavy atom. The molecule has 0 saturated carbocycles. The highest BCUT2D eigenvalue weighted by molar-refractivity contribution is 5.89. The summed E-state index contributed by atoms with van der Waals surface area (Å²) in [6.45, 7) is 0.0625. The molecule has 0 amide bonds. The molecule has 2 aromatic carbocycles. The number of esters is 2. The highest BCUT2D eigenvalue weighted by atomic mass is 16.7. The summed E-state index contributed by atoms with van der Waals surface area (Å²) in [5.41, 5.74) is 0.933. The molecule has 1 heterocycles. The first-order valence-electron chi connectivity index (χ1n) is 8.34. The zero-order chi connectivity index (χ0) is 18.4. The predicted molar refractivity (Wildman–Crippen MR) is 92.7 cm³/mol. The molecule has 1 fully saturated rings. The van der Waals surface area contributed by atoms with E-state index in [1.807, 2.05) is 12.1 Å². The maximum atomic E-state index is 12.2. The van der Waals surface area contributed by atoms with Crippen LogP contribution in [-0.2, 0) is 18.9 Å². The fourth-order valence-corrected chi connectivity index (χ4v) is 2.73. The van der Waals surface area contributed by atoms with Gasteiger partial charge >= 0.3 is 11.9 Å². The van der Waals surface area contributed by atoms with Crippen molar-refractivity contribution >= 4 is 11.9 Å². The molecule has 0 spiro atoms. The highest BCUT2D eigenvalue weighted by Crippen LogP contribution is 2.25. The van der Waals surface area contributed by atoms with Crippen molar-refractivity contribution in [2.75, 3.05) is 13.7 Å². The second-order valence-corrected chi connectivity index (χ2v) is 5.87. The number of hydrogen-bond donors (Lipinski definition) is 0. The van der Waals surface area contributed by atoms with Crippen LogP contribution in [0.25, 0.3) is 0 Å². The second-order valence-electron chi connectivity index (χ2n) is 5.87. The minimum absolute atomic E-state index is 0.0625. The van der Waals surface area contributed by atoms with Crippen LogP contribution in [0.1, 0.15) is 27.1 Å². The van der Waals surface area contributed by atoms with Gasteiger partial charge in [0.15, 0.2) is 12.4 Å². The van der Waals surface area contributed by atoms with Gasteiger partial charge in [0.05, 0.1) is 17.2 Å². The van der Waals surface area contributed by atoms with Gasteiger partial charge in [-0.25, -0.2) is 9.59 Å². The maximum absolute atomic E-state index is 12.2. The lowest BCUT2D eigenvalue weighted by atomic mass is 10.2. The van der Waals surface area contributed by atoms with Gasteiger partial charge in [-0.1, -0.05) is 36.4 Å². The molecule has 1 aliphatic heterocycles. The second kappa shape index (κ2) is 8.60. The summed E-state index contributed by atoms with van der Waals surface area (Å²) in [6, 6.07) is 17.4. The van der Waals surface area contributed by atoms with Gasteiger partial charge in [0.2, 0.25) is 0 Å². The van der Waals surface area contributed by atoms with E-state index in [1.54, 1.807) is 48.5 Å². The van der Waals surface area contributed by atoms with E-state index in [-0.39, 0.29) is 6.61 Å². The predicted octanol–water partition coefficient (Wildman–Crippen LogP) is 2.83. The molecule has 0 radical (unpaired) electrons. The van der Waals surface area contributed by atoms with Crippen LogP contribution in [0.15, 0.2) is 60.7 Å². The Morgan fingerprint density at radius 3 is 2.12 bits per heavy atom. The Bertz CT molecular complexity index is 730. The van der Waals surface area contributed by atoms with Crippen LogP contribution >= 0.6 is 0 Å². The summed E-state index contributed by atoms with van der Waals surface area (Å²) >= 11 is 0. The molecule has 6 heteroatoms. The molecule has 0 unspecified atom stereocenters. The van der Waals surface area contributed by atoms with Gasteiger partial charge < -0.3 is 18.9 Å². The quantitative estimate of drug-likeness (QED) is 0.741. The Balaban J connectivity index is 1.53. The molecule has 6 nitrogen and oxygen atoms in total.